The van der Waals surface area contributed by atoms with E-state index in [1.54, 1.807) is 24.3 Å². The highest BCUT2D eigenvalue weighted by atomic mass is 35.5. The van der Waals surface area contributed by atoms with Gasteiger partial charge in [0.05, 0.1) is 11.3 Å². The van der Waals surface area contributed by atoms with Gasteiger partial charge in [0.25, 0.3) is 0 Å². The molecule has 0 saturated heterocycles. The first kappa shape index (κ1) is 19.1. The van der Waals surface area contributed by atoms with Crippen LogP contribution in [0.1, 0.15) is 17.2 Å². The van der Waals surface area contributed by atoms with Crippen LogP contribution in [0.25, 0.3) is 0 Å². The van der Waals surface area contributed by atoms with E-state index in [9.17, 15) is 18.0 Å². The minimum atomic E-state index is -4.56. The molecule has 2 aromatic rings. The highest BCUT2D eigenvalue weighted by molar-refractivity contribution is 6.31. The predicted octanol–water partition coefficient (Wildman–Crippen LogP) is 4.87. The Morgan fingerprint density at radius 3 is 2.44 bits per heavy atom. The van der Waals surface area contributed by atoms with E-state index < -0.39 is 23.9 Å². The lowest BCUT2D eigenvalue weighted by molar-refractivity contribution is -0.136. The molecular formula is C17H16ClF3N2O2. The summed E-state index contributed by atoms with van der Waals surface area (Å²) in [6.07, 6.45) is -5.09. The lowest BCUT2D eigenvalue weighted by atomic mass is 10.1. The van der Waals surface area contributed by atoms with Crippen molar-refractivity contribution in [3.8, 4) is 0 Å². The van der Waals surface area contributed by atoms with Gasteiger partial charge < -0.3 is 15.4 Å². The maximum absolute atomic E-state index is 12.9. The number of benzene rings is 2. The molecule has 0 aliphatic heterocycles. The smallest absolute Gasteiger partial charge is 0.375 e. The number of rotatable bonds is 5. The molecule has 0 fully saturated rings. The third-order valence-electron chi connectivity index (χ3n) is 3.47. The molecule has 0 heterocycles. The number of halogens is 4. The van der Waals surface area contributed by atoms with Crippen molar-refractivity contribution in [2.45, 2.75) is 12.3 Å². The second-order valence-electron chi connectivity index (χ2n) is 5.12. The summed E-state index contributed by atoms with van der Waals surface area (Å²) in [6.45, 7) is 0.0419. The first-order valence-corrected chi connectivity index (χ1v) is 7.69. The van der Waals surface area contributed by atoms with Gasteiger partial charge in [-0.1, -0.05) is 41.9 Å². The molecule has 0 radical (unpaired) electrons. The van der Waals surface area contributed by atoms with Gasteiger partial charge >= 0.3 is 12.2 Å². The SMILES string of the molecule is COC(CNC(=O)Nc1ccccc1C(F)(F)F)c1ccccc1Cl. The predicted molar refractivity (Wildman–Crippen MR) is 89.7 cm³/mol. The average Bonchev–Trinajstić information content (AvgIpc) is 2.56. The largest absolute Gasteiger partial charge is 0.418 e. The molecule has 4 nitrogen and oxygen atoms in total. The van der Waals surface area contributed by atoms with Crippen LogP contribution in [-0.2, 0) is 10.9 Å². The number of methoxy groups -OCH3 is 1. The molecule has 0 saturated carbocycles. The lowest BCUT2D eigenvalue weighted by Gasteiger charge is -2.19. The van der Waals surface area contributed by atoms with Gasteiger partial charge in [-0.2, -0.15) is 13.2 Å². The Morgan fingerprint density at radius 1 is 1.16 bits per heavy atom. The summed E-state index contributed by atoms with van der Waals surface area (Å²) in [5.41, 5.74) is -0.568. The third-order valence-corrected chi connectivity index (χ3v) is 3.81. The maximum atomic E-state index is 12.9. The zero-order valence-corrected chi connectivity index (χ0v) is 14.0. The number of para-hydroxylation sites is 1. The molecule has 2 aromatic carbocycles. The minimum Gasteiger partial charge on any atom is -0.375 e. The van der Waals surface area contributed by atoms with E-state index in [4.69, 9.17) is 16.3 Å². The summed E-state index contributed by atoms with van der Waals surface area (Å²) in [7, 11) is 1.45. The van der Waals surface area contributed by atoms with Crippen molar-refractivity contribution in [1.82, 2.24) is 5.32 Å². The molecular weight excluding hydrogens is 357 g/mol. The van der Waals surface area contributed by atoms with Crippen molar-refractivity contribution in [3.63, 3.8) is 0 Å². The minimum absolute atomic E-state index is 0.0419. The standard InChI is InChI=1S/C17H16ClF3N2O2/c1-25-15(11-6-2-4-8-13(11)18)10-22-16(24)23-14-9-5-3-7-12(14)17(19,20)21/h2-9,15H,10H2,1H3,(H2,22,23,24). The van der Waals surface area contributed by atoms with Crippen molar-refractivity contribution >= 4 is 23.3 Å². The van der Waals surface area contributed by atoms with Crippen LogP contribution in [0.3, 0.4) is 0 Å². The number of carbonyl (C=O) groups excluding carboxylic acids is 1. The lowest BCUT2D eigenvalue weighted by Crippen LogP contribution is -2.33. The molecule has 2 N–H and O–H groups in total. The number of amides is 2. The van der Waals surface area contributed by atoms with Gasteiger partial charge in [0, 0.05) is 24.2 Å². The van der Waals surface area contributed by atoms with Crippen LogP contribution in [0.5, 0.6) is 0 Å². The average molecular weight is 373 g/mol. The van der Waals surface area contributed by atoms with Gasteiger partial charge in [-0.25, -0.2) is 4.79 Å². The number of anilines is 1. The Balaban J connectivity index is 2.03. The van der Waals surface area contributed by atoms with E-state index in [0.29, 0.717) is 10.6 Å². The van der Waals surface area contributed by atoms with E-state index in [-0.39, 0.29) is 12.2 Å². The number of alkyl halides is 3. The van der Waals surface area contributed by atoms with Crippen LogP contribution in [0, 0.1) is 0 Å². The topological polar surface area (TPSA) is 50.4 Å². The first-order chi connectivity index (χ1) is 11.8. The van der Waals surface area contributed by atoms with Crippen molar-refractivity contribution in [2.75, 3.05) is 19.0 Å². The van der Waals surface area contributed by atoms with Crippen molar-refractivity contribution in [1.29, 1.82) is 0 Å². The first-order valence-electron chi connectivity index (χ1n) is 7.31. The maximum Gasteiger partial charge on any atom is 0.418 e. The molecule has 1 atom stereocenters. The van der Waals surface area contributed by atoms with Gasteiger partial charge in [-0.3, -0.25) is 0 Å². The van der Waals surface area contributed by atoms with Crippen LogP contribution >= 0.6 is 11.6 Å². The fourth-order valence-electron chi connectivity index (χ4n) is 2.25. The van der Waals surface area contributed by atoms with Crippen LogP contribution < -0.4 is 10.6 Å². The summed E-state index contributed by atoms with van der Waals surface area (Å²) >= 11 is 6.08. The fourth-order valence-corrected chi connectivity index (χ4v) is 2.51. The molecule has 1 unspecified atom stereocenters. The van der Waals surface area contributed by atoms with Crippen molar-refractivity contribution in [2.24, 2.45) is 0 Å². The molecule has 134 valence electrons. The second kappa shape index (κ2) is 8.22. The van der Waals surface area contributed by atoms with Gasteiger partial charge in [-0.05, 0) is 18.2 Å². The Hall–Kier alpha value is -2.25. The fraction of sp³-hybridized carbons (Fsp3) is 0.235. The molecule has 2 rings (SSSR count). The molecule has 0 aromatic heterocycles. The quantitative estimate of drug-likeness (QED) is 0.786. The van der Waals surface area contributed by atoms with Gasteiger partial charge in [0.15, 0.2) is 0 Å². The zero-order chi connectivity index (χ0) is 18.4. The van der Waals surface area contributed by atoms with Crippen molar-refractivity contribution in [3.05, 3.63) is 64.7 Å². The van der Waals surface area contributed by atoms with E-state index in [2.05, 4.69) is 10.6 Å². The third kappa shape index (κ3) is 5.11. The number of urea groups is 1. The van der Waals surface area contributed by atoms with Gasteiger partial charge in [0.1, 0.15) is 6.10 Å². The van der Waals surface area contributed by atoms with E-state index in [1.165, 1.54) is 25.3 Å². The van der Waals surface area contributed by atoms with Gasteiger partial charge in [0.2, 0.25) is 0 Å². The number of carbonyl (C=O) groups is 1. The van der Waals surface area contributed by atoms with Crippen LogP contribution in [0.2, 0.25) is 5.02 Å². The van der Waals surface area contributed by atoms with E-state index >= 15 is 0 Å². The molecule has 8 heteroatoms. The summed E-state index contributed by atoms with van der Waals surface area (Å²) in [5, 5.41) is 5.16. The summed E-state index contributed by atoms with van der Waals surface area (Å²) in [6, 6.07) is 10.9. The van der Waals surface area contributed by atoms with Crippen LogP contribution in [0.15, 0.2) is 48.5 Å². The molecule has 2 amide bonds. The second-order valence-corrected chi connectivity index (χ2v) is 5.53. The van der Waals surface area contributed by atoms with E-state index in [0.717, 1.165) is 6.07 Å². The summed E-state index contributed by atoms with van der Waals surface area (Å²) in [5.74, 6) is 0. The Bertz CT molecular complexity index is 738. The number of hydrogen-bond acceptors (Lipinski definition) is 2. The molecule has 0 aliphatic carbocycles. The Morgan fingerprint density at radius 2 is 1.80 bits per heavy atom. The van der Waals surface area contributed by atoms with E-state index in [1.807, 2.05) is 0 Å². The number of nitrogens with one attached hydrogen (secondary N) is 2. The van der Waals surface area contributed by atoms with Crippen LogP contribution in [0.4, 0.5) is 23.7 Å². The molecule has 0 aliphatic rings. The zero-order valence-electron chi connectivity index (χ0n) is 13.2. The normalized spacial score (nSPS) is 12.5. The van der Waals surface area contributed by atoms with Crippen molar-refractivity contribution < 1.29 is 22.7 Å². The van der Waals surface area contributed by atoms with Crippen LogP contribution in [-0.4, -0.2) is 19.7 Å². The highest BCUT2D eigenvalue weighted by Crippen LogP contribution is 2.34. The Labute approximate surface area is 147 Å². The Kier molecular flexibility index (Phi) is 6.27. The monoisotopic (exact) mass is 372 g/mol. The molecule has 25 heavy (non-hydrogen) atoms. The highest BCUT2D eigenvalue weighted by Gasteiger charge is 2.33. The number of ether oxygens (including phenoxy) is 1. The van der Waals surface area contributed by atoms with Gasteiger partial charge in [-0.15, -0.1) is 0 Å². The molecule has 0 spiro atoms. The summed E-state index contributed by atoms with van der Waals surface area (Å²) < 4.78 is 44.1. The molecule has 0 bridgehead atoms. The summed E-state index contributed by atoms with van der Waals surface area (Å²) in [4.78, 5) is 12.0. The number of hydrogen-bond donors (Lipinski definition) is 2.